The highest BCUT2D eigenvalue weighted by Crippen LogP contribution is 2.44. The van der Waals surface area contributed by atoms with Crippen LogP contribution in [0.2, 0.25) is 0 Å². The highest BCUT2D eigenvalue weighted by atomic mass is 79.9. The summed E-state index contributed by atoms with van der Waals surface area (Å²) >= 11 is 3.59. The topological polar surface area (TPSA) is 41.5 Å². The third-order valence-corrected chi connectivity index (χ3v) is 4.44. The van der Waals surface area contributed by atoms with Gasteiger partial charge < -0.3 is 15.2 Å². The van der Waals surface area contributed by atoms with Crippen LogP contribution in [0.4, 0.5) is 0 Å². The average Bonchev–Trinajstić information content (AvgIpc) is 2.35. The molecular weight excluding hydrogens is 282 g/mol. The van der Waals surface area contributed by atoms with E-state index >= 15 is 0 Å². The van der Waals surface area contributed by atoms with Gasteiger partial charge in [0.2, 0.25) is 0 Å². The quantitative estimate of drug-likeness (QED) is 0.882. The van der Waals surface area contributed by atoms with E-state index in [0.717, 1.165) is 41.5 Å². The Bertz CT molecular complexity index is 414. The van der Waals surface area contributed by atoms with E-state index in [9.17, 15) is 5.11 Å². The number of halogens is 1. The van der Waals surface area contributed by atoms with E-state index in [1.54, 1.807) is 7.11 Å². The Morgan fingerprint density at radius 2 is 2.06 bits per heavy atom. The summed E-state index contributed by atoms with van der Waals surface area (Å²) < 4.78 is 6.24. The van der Waals surface area contributed by atoms with E-state index in [4.69, 9.17) is 4.74 Å². The monoisotopic (exact) mass is 299 g/mol. The second-order valence-electron chi connectivity index (χ2n) is 4.50. The van der Waals surface area contributed by atoms with Crippen LogP contribution in [0.25, 0.3) is 0 Å². The van der Waals surface area contributed by atoms with Crippen molar-refractivity contribution < 1.29 is 9.84 Å². The first-order chi connectivity index (χ1) is 8.15. The molecule has 0 unspecified atom stereocenters. The van der Waals surface area contributed by atoms with Gasteiger partial charge in [-0.25, -0.2) is 0 Å². The molecule has 2 rings (SSSR count). The molecule has 0 radical (unpaired) electrons. The van der Waals surface area contributed by atoms with Crippen molar-refractivity contribution in [2.75, 3.05) is 20.2 Å². The van der Waals surface area contributed by atoms with Crippen LogP contribution < -0.4 is 10.1 Å². The number of nitrogens with one attached hydrogen (secondary N) is 1. The molecule has 1 fully saturated rings. The van der Waals surface area contributed by atoms with E-state index in [1.807, 2.05) is 13.0 Å². The number of aryl methyl sites for hydroxylation is 1. The Labute approximate surface area is 110 Å². The third-order valence-electron chi connectivity index (χ3n) is 3.39. The van der Waals surface area contributed by atoms with Crippen LogP contribution >= 0.6 is 15.9 Å². The van der Waals surface area contributed by atoms with Crippen LogP contribution in [0.1, 0.15) is 29.9 Å². The summed E-state index contributed by atoms with van der Waals surface area (Å²) in [6, 6.07) is 1.87. The van der Waals surface area contributed by atoms with Crippen LogP contribution in [0, 0.1) is 6.92 Å². The number of phenols is 1. The molecule has 1 aliphatic heterocycles. The van der Waals surface area contributed by atoms with Gasteiger partial charge in [0.15, 0.2) is 11.5 Å². The molecule has 1 aromatic rings. The number of methoxy groups -OCH3 is 1. The number of rotatable bonds is 2. The Kier molecular flexibility index (Phi) is 3.94. The highest BCUT2D eigenvalue weighted by Gasteiger charge is 2.24. The van der Waals surface area contributed by atoms with Crippen LogP contribution in [-0.2, 0) is 0 Å². The summed E-state index contributed by atoms with van der Waals surface area (Å²) in [7, 11) is 1.59. The molecule has 0 atom stereocenters. The summed E-state index contributed by atoms with van der Waals surface area (Å²) in [6.45, 7) is 4.04. The molecule has 0 amide bonds. The maximum absolute atomic E-state index is 10.3. The van der Waals surface area contributed by atoms with E-state index in [2.05, 4.69) is 21.2 Å². The molecule has 1 aliphatic rings. The lowest BCUT2D eigenvalue weighted by atomic mass is 9.88. The van der Waals surface area contributed by atoms with Crippen molar-refractivity contribution in [1.29, 1.82) is 0 Å². The Balaban J connectivity index is 2.46. The van der Waals surface area contributed by atoms with E-state index in [-0.39, 0.29) is 5.75 Å². The van der Waals surface area contributed by atoms with Gasteiger partial charge in [0.1, 0.15) is 0 Å². The molecule has 17 heavy (non-hydrogen) atoms. The van der Waals surface area contributed by atoms with Crippen molar-refractivity contribution in [3.05, 3.63) is 21.7 Å². The number of phenolic OH excluding ortho intramolecular Hbond substituents is 1. The summed E-state index contributed by atoms with van der Waals surface area (Å²) in [4.78, 5) is 0. The molecule has 4 heteroatoms. The lowest BCUT2D eigenvalue weighted by Gasteiger charge is -2.26. The molecule has 0 saturated carbocycles. The third kappa shape index (κ3) is 2.43. The van der Waals surface area contributed by atoms with Gasteiger partial charge in [0, 0.05) is 10.0 Å². The summed E-state index contributed by atoms with van der Waals surface area (Å²) in [5, 5.41) is 13.6. The van der Waals surface area contributed by atoms with Gasteiger partial charge in [0.05, 0.1) is 7.11 Å². The molecular formula is C13H18BrNO2. The number of hydrogen-bond donors (Lipinski definition) is 2. The number of hydrogen-bond acceptors (Lipinski definition) is 3. The highest BCUT2D eigenvalue weighted by molar-refractivity contribution is 9.10. The molecule has 3 nitrogen and oxygen atoms in total. The smallest absolute Gasteiger partial charge is 0.162 e. The molecule has 0 spiro atoms. The lowest BCUT2D eigenvalue weighted by molar-refractivity contribution is 0.361. The Morgan fingerprint density at radius 3 is 2.65 bits per heavy atom. The van der Waals surface area contributed by atoms with Crippen molar-refractivity contribution in [3.63, 3.8) is 0 Å². The van der Waals surface area contributed by atoms with Gasteiger partial charge in [-0.3, -0.25) is 0 Å². The average molecular weight is 300 g/mol. The second kappa shape index (κ2) is 5.27. The molecule has 0 aliphatic carbocycles. The molecule has 2 N–H and O–H groups in total. The summed E-state index contributed by atoms with van der Waals surface area (Å²) in [5.41, 5.74) is 2.11. The van der Waals surface area contributed by atoms with Gasteiger partial charge in [-0.15, -0.1) is 0 Å². The Hall–Kier alpha value is -0.740. The minimum absolute atomic E-state index is 0.289. The van der Waals surface area contributed by atoms with Crippen LogP contribution in [-0.4, -0.2) is 25.3 Å². The van der Waals surface area contributed by atoms with Crippen molar-refractivity contribution in [2.45, 2.75) is 25.7 Å². The predicted octanol–water partition coefficient (Wildman–Crippen LogP) is 2.94. The molecule has 94 valence electrons. The maximum Gasteiger partial charge on any atom is 0.162 e. The van der Waals surface area contributed by atoms with Gasteiger partial charge >= 0.3 is 0 Å². The van der Waals surface area contributed by atoms with Gasteiger partial charge in [0.25, 0.3) is 0 Å². The summed E-state index contributed by atoms with van der Waals surface area (Å²) in [5.74, 6) is 1.26. The molecule has 1 saturated heterocycles. The molecule has 0 bridgehead atoms. The van der Waals surface area contributed by atoms with Crippen LogP contribution in [0.5, 0.6) is 11.5 Å². The van der Waals surface area contributed by atoms with Gasteiger partial charge in [-0.05, 0) is 50.4 Å². The largest absolute Gasteiger partial charge is 0.504 e. The standard InChI is InChI=1S/C13H18BrNO2/c1-8-7-10(17-2)13(16)11(12(8)14)9-3-5-15-6-4-9/h7,9,15-16H,3-6H2,1-2H3. The predicted molar refractivity (Wildman–Crippen MR) is 71.9 cm³/mol. The summed E-state index contributed by atoms with van der Waals surface area (Å²) in [6.07, 6.45) is 2.11. The van der Waals surface area contributed by atoms with Crippen molar-refractivity contribution in [1.82, 2.24) is 5.32 Å². The van der Waals surface area contributed by atoms with Crippen molar-refractivity contribution in [2.24, 2.45) is 0 Å². The second-order valence-corrected chi connectivity index (χ2v) is 5.29. The molecule has 0 aromatic heterocycles. The fraction of sp³-hybridized carbons (Fsp3) is 0.538. The van der Waals surface area contributed by atoms with E-state index in [1.165, 1.54) is 0 Å². The van der Waals surface area contributed by atoms with Crippen molar-refractivity contribution >= 4 is 15.9 Å². The SMILES string of the molecule is COc1cc(C)c(Br)c(C2CCNCC2)c1O. The minimum Gasteiger partial charge on any atom is -0.504 e. The van der Waals surface area contributed by atoms with E-state index in [0.29, 0.717) is 11.7 Å². The number of benzene rings is 1. The van der Waals surface area contributed by atoms with Gasteiger partial charge in [-0.1, -0.05) is 15.9 Å². The minimum atomic E-state index is 0.289. The first-order valence-electron chi connectivity index (χ1n) is 5.91. The normalized spacial score (nSPS) is 17.1. The van der Waals surface area contributed by atoms with E-state index < -0.39 is 0 Å². The fourth-order valence-corrected chi connectivity index (χ4v) is 3.04. The first kappa shape index (κ1) is 12.7. The maximum atomic E-state index is 10.3. The fourth-order valence-electron chi connectivity index (χ4n) is 2.42. The van der Waals surface area contributed by atoms with Gasteiger partial charge in [-0.2, -0.15) is 0 Å². The van der Waals surface area contributed by atoms with Crippen LogP contribution in [0.15, 0.2) is 10.5 Å². The lowest BCUT2D eigenvalue weighted by Crippen LogP contribution is -2.27. The zero-order valence-corrected chi connectivity index (χ0v) is 11.8. The number of piperidine rings is 1. The van der Waals surface area contributed by atoms with Crippen molar-refractivity contribution in [3.8, 4) is 11.5 Å². The number of aromatic hydroxyl groups is 1. The number of ether oxygens (including phenoxy) is 1. The zero-order chi connectivity index (χ0) is 12.4. The first-order valence-corrected chi connectivity index (χ1v) is 6.71. The Morgan fingerprint density at radius 1 is 1.41 bits per heavy atom. The molecule has 1 aromatic carbocycles. The van der Waals surface area contributed by atoms with Crippen LogP contribution in [0.3, 0.4) is 0 Å². The molecule has 1 heterocycles. The zero-order valence-electron chi connectivity index (χ0n) is 10.2.